The molecule has 0 saturated heterocycles. The number of hydrogen-bond donors (Lipinski definition) is 1. The summed E-state index contributed by atoms with van der Waals surface area (Å²) in [4.78, 5) is 31.3. The van der Waals surface area contributed by atoms with Gasteiger partial charge in [0.1, 0.15) is 22.9 Å². The number of carbonyl (C=O) groups is 1. The molecule has 1 aliphatic carbocycles. The Morgan fingerprint density at radius 2 is 1.70 bits per heavy atom. The second kappa shape index (κ2) is 10.0. The molecule has 0 saturated carbocycles. The molecule has 5 aromatic rings. The average Bonchev–Trinajstić information content (AvgIpc) is 3.37. The maximum atomic E-state index is 13.4. The summed E-state index contributed by atoms with van der Waals surface area (Å²) in [5.74, 6) is 1.11. The Hall–Kier alpha value is -4.23. The van der Waals surface area contributed by atoms with Crippen LogP contribution in [0.15, 0.2) is 89.3 Å². The molecular formula is C30H25N3O3S. The van der Waals surface area contributed by atoms with E-state index >= 15 is 0 Å². The van der Waals surface area contributed by atoms with Crippen LogP contribution in [0.3, 0.4) is 0 Å². The van der Waals surface area contributed by atoms with Crippen molar-refractivity contribution in [3.05, 3.63) is 106 Å². The number of hydrogen-bond acceptors (Lipinski definition) is 5. The van der Waals surface area contributed by atoms with E-state index in [2.05, 4.69) is 28.5 Å². The number of nitrogens with zero attached hydrogens (tertiary/aromatic N) is 2. The zero-order valence-corrected chi connectivity index (χ0v) is 21.0. The van der Waals surface area contributed by atoms with Crippen molar-refractivity contribution in [2.45, 2.75) is 32.2 Å². The van der Waals surface area contributed by atoms with Gasteiger partial charge in [-0.05, 0) is 78.8 Å². The molecule has 1 aliphatic rings. The molecule has 3 aromatic carbocycles. The maximum absolute atomic E-state index is 13.4. The van der Waals surface area contributed by atoms with Crippen LogP contribution < -0.4 is 15.6 Å². The number of ether oxygens (including phenoxy) is 1. The molecule has 0 spiro atoms. The smallest absolute Gasteiger partial charge is 0.263 e. The SMILES string of the molecule is O=C(Cn1cnc2scc(-c3ccc4c(c3)CCCC4)c2c1=O)Nc1ccc(Oc2ccccc2)cc1. The Labute approximate surface area is 218 Å². The number of amides is 1. The molecule has 6 rings (SSSR count). The first-order valence-corrected chi connectivity index (χ1v) is 13.2. The number of benzene rings is 3. The number of anilines is 1. The van der Waals surface area contributed by atoms with Gasteiger partial charge in [-0.3, -0.25) is 14.2 Å². The van der Waals surface area contributed by atoms with Gasteiger partial charge in [-0.1, -0.05) is 36.4 Å². The number of rotatable bonds is 6. The quantitative estimate of drug-likeness (QED) is 0.287. The summed E-state index contributed by atoms with van der Waals surface area (Å²) in [6.45, 7) is -0.122. The third-order valence-corrected chi connectivity index (χ3v) is 7.54. The van der Waals surface area contributed by atoms with Crippen LogP contribution in [0.1, 0.15) is 24.0 Å². The van der Waals surface area contributed by atoms with Gasteiger partial charge in [0.2, 0.25) is 5.91 Å². The first-order chi connectivity index (χ1) is 18.1. The van der Waals surface area contributed by atoms with Crippen molar-refractivity contribution < 1.29 is 9.53 Å². The molecule has 0 atom stereocenters. The Morgan fingerprint density at radius 3 is 2.51 bits per heavy atom. The largest absolute Gasteiger partial charge is 0.457 e. The van der Waals surface area contributed by atoms with Crippen LogP contribution in [-0.2, 0) is 24.2 Å². The number of thiophene rings is 1. The molecule has 1 N–H and O–H groups in total. The molecular weight excluding hydrogens is 482 g/mol. The molecule has 0 fully saturated rings. The highest BCUT2D eigenvalue weighted by Gasteiger charge is 2.17. The fourth-order valence-corrected chi connectivity index (χ4v) is 5.69. The monoisotopic (exact) mass is 507 g/mol. The van der Waals surface area contributed by atoms with E-state index in [1.54, 1.807) is 24.3 Å². The predicted octanol–water partition coefficient (Wildman–Crippen LogP) is 6.43. The van der Waals surface area contributed by atoms with E-state index in [4.69, 9.17) is 4.74 Å². The summed E-state index contributed by atoms with van der Waals surface area (Å²) in [5, 5.41) is 5.41. The van der Waals surface area contributed by atoms with Crippen molar-refractivity contribution in [3.63, 3.8) is 0 Å². The highest BCUT2D eigenvalue weighted by Crippen LogP contribution is 2.33. The summed E-state index contributed by atoms with van der Waals surface area (Å²) in [6.07, 6.45) is 6.08. The summed E-state index contributed by atoms with van der Waals surface area (Å²) in [6, 6.07) is 23.1. The van der Waals surface area contributed by atoms with E-state index in [1.165, 1.54) is 46.2 Å². The molecule has 1 amide bonds. The van der Waals surface area contributed by atoms with E-state index in [0.717, 1.165) is 29.7 Å². The number of aryl methyl sites for hydroxylation is 2. The first kappa shape index (κ1) is 23.2. The van der Waals surface area contributed by atoms with Crippen molar-refractivity contribution in [2.24, 2.45) is 0 Å². The standard InChI is InChI=1S/C30H25N3O3S/c34-27(32-23-12-14-25(15-13-23)36-24-8-2-1-3-9-24)17-33-19-31-29-28(30(33)35)26(18-37-29)22-11-10-20-6-4-5-7-21(20)16-22/h1-3,8-16,18-19H,4-7,17H2,(H,32,34). The van der Waals surface area contributed by atoms with Crippen molar-refractivity contribution in [1.29, 1.82) is 0 Å². The average molecular weight is 508 g/mol. The van der Waals surface area contributed by atoms with Crippen LogP contribution in [0.25, 0.3) is 21.3 Å². The van der Waals surface area contributed by atoms with Crippen LogP contribution in [0.2, 0.25) is 0 Å². The minimum atomic E-state index is -0.300. The van der Waals surface area contributed by atoms with Crippen LogP contribution in [-0.4, -0.2) is 15.5 Å². The van der Waals surface area contributed by atoms with Gasteiger partial charge in [0, 0.05) is 16.6 Å². The number of aromatic nitrogens is 2. The normalized spacial score (nSPS) is 12.8. The van der Waals surface area contributed by atoms with E-state index < -0.39 is 0 Å². The van der Waals surface area contributed by atoms with E-state index in [9.17, 15) is 9.59 Å². The summed E-state index contributed by atoms with van der Waals surface area (Å²) in [5.41, 5.74) is 5.10. The maximum Gasteiger partial charge on any atom is 0.263 e. The summed E-state index contributed by atoms with van der Waals surface area (Å²) < 4.78 is 7.17. The number of carbonyl (C=O) groups excluding carboxylic acids is 1. The first-order valence-electron chi connectivity index (χ1n) is 12.4. The minimum absolute atomic E-state index is 0.122. The zero-order valence-electron chi connectivity index (χ0n) is 20.1. The molecule has 2 aromatic heterocycles. The third-order valence-electron chi connectivity index (χ3n) is 6.65. The van der Waals surface area contributed by atoms with E-state index in [0.29, 0.717) is 21.7 Å². The molecule has 2 heterocycles. The molecule has 37 heavy (non-hydrogen) atoms. The fourth-order valence-electron chi connectivity index (χ4n) is 4.78. The topological polar surface area (TPSA) is 73.2 Å². The van der Waals surface area contributed by atoms with E-state index in [1.807, 2.05) is 35.7 Å². The van der Waals surface area contributed by atoms with Gasteiger partial charge in [-0.25, -0.2) is 4.98 Å². The van der Waals surface area contributed by atoms with E-state index in [-0.39, 0.29) is 18.0 Å². The molecule has 0 radical (unpaired) electrons. The molecule has 0 aliphatic heterocycles. The molecule has 0 bridgehead atoms. The lowest BCUT2D eigenvalue weighted by atomic mass is 9.89. The van der Waals surface area contributed by atoms with Crippen molar-refractivity contribution in [3.8, 4) is 22.6 Å². The lowest BCUT2D eigenvalue weighted by Gasteiger charge is -2.16. The van der Waals surface area contributed by atoms with Gasteiger partial charge in [0.15, 0.2) is 0 Å². The number of para-hydroxylation sites is 1. The second-order valence-corrected chi connectivity index (χ2v) is 10.0. The Bertz CT molecular complexity index is 1640. The van der Waals surface area contributed by atoms with Gasteiger partial charge in [0.25, 0.3) is 5.56 Å². The third kappa shape index (κ3) is 4.90. The Kier molecular flexibility index (Phi) is 6.28. The van der Waals surface area contributed by atoms with Crippen LogP contribution in [0, 0.1) is 0 Å². The lowest BCUT2D eigenvalue weighted by Crippen LogP contribution is -2.27. The minimum Gasteiger partial charge on any atom is -0.457 e. The molecule has 7 heteroatoms. The highest BCUT2D eigenvalue weighted by molar-refractivity contribution is 7.17. The zero-order chi connectivity index (χ0) is 25.2. The second-order valence-electron chi connectivity index (χ2n) is 9.19. The lowest BCUT2D eigenvalue weighted by molar-refractivity contribution is -0.116. The summed E-state index contributed by atoms with van der Waals surface area (Å²) in [7, 11) is 0. The van der Waals surface area contributed by atoms with Gasteiger partial charge < -0.3 is 10.1 Å². The van der Waals surface area contributed by atoms with Gasteiger partial charge in [-0.15, -0.1) is 11.3 Å². The number of fused-ring (bicyclic) bond motifs is 2. The molecule has 6 nitrogen and oxygen atoms in total. The van der Waals surface area contributed by atoms with Crippen LogP contribution in [0.5, 0.6) is 11.5 Å². The van der Waals surface area contributed by atoms with Crippen LogP contribution in [0.4, 0.5) is 5.69 Å². The Morgan fingerprint density at radius 1 is 0.946 bits per heavy atom. The Balaban J connectivity index is 1.19. The molecule has 0 unspecified atom stereocenters. The highest BCUT2D eigenvalue weighted by atomic mass is 32.1. The molecule has 184 valence electrons. The van der Waals surface area contributed by atoms with Gasteiger partial charge >= 0.3 is 0 Å². The summed E-state index contributed by atoms with van der Waals surface area (Å²) >= 11 is 1.46. The van der Waals surface area contributed by atoms with Gasteiger partial charge in [-0.2, -0.15) is 0 Å². The van der Waals surface area contributed by atoms with Gasteiger partial charge in [0.05, 0.1) is 11.7 Å². The van der Waals surface area contributed by atoms with Crippen molar-refractivity contribution >= 4 is 33.1 Å². The number of nitrogens with one attached hydrogen (secondary N) is 1. The fraction of sp³-hybridized carbons (Fsp3) is 0.167. The van der Waals surface area contributed by atoms with Crippen LogP contribution >= 0.6 is 11.3 Å². The van der Waals surface area contributed by atoms with Crippen molar-refractivity contribution in [1.82, 2.24) is 9.55 Å². The van der Waals surface area contributed by atoms with Crippen molar-refractivity contribution in [2.75, 3.05) is 5.32 Å². The predicted molar refractivity (Wildman–Crippen MR) is 148 cm³/mol.